The van der Waals surface area contributed by atoms with Crippen molar-refractivity contribution >= 4 is 23.7 Å². The molecule has 0 aromatic carbocycles. The highest BCUT2D eigenvalue weighted by molar-refractivity contribution is 5.92. The van der Waals surface area contributed by atoms with E-state index in [4.69, 9.17) is 16.6 Å². The average molecular weight is 408 g/mol. The molecule has 0 saturated heterocycles. The molecule has 29 heavy (non-hydrogen) atoms. The van der Waals surface area contributed by atoms with Gasteiger partial charge < -0.3 is 27.2 Å². The van der Waals surface area contributed by atoms with Crippen LogP contribution in [0.15, 0.2) is 0 Å². The lowest BCUT2D eigenvalue weighted by molar-refractivity contribution is -0.137. The third-order valence-corrected chi connectivity index (χ3v) is 7.08. The van der Waals surface area contributed by atoms with Crippen molar-refractivity contribution < 1.29 is 24.3 Å². The van der Waals surface area contributed by atoms with Crippen LogP contribution in [-0.4, -0.2) is 46.9 Å². The van der Waals surface area contributed by atoms with E-state index in [0.29, 0.717) is 11.8 Å². The minimum Gasteiger partial charge on any atom is -0.481 e. The highest BCUT2D eigenvalue weighted by Crippen LogP contribution is 2.57. The molecule has 0 aliphatic heterocycles. The van der Waals surface area contributed by atoms with Gasteiger partial charge in [0.2, 0.25) is 17.7 Å². The van der Waals surface area contributed by atoms with Crippen molar-refractivity contribution in [3.63, 3.8) is 0 Å². The first-order chi connectivity index (χ1) is 13.7. The zero-order valence-corrected chi connectivity index (χ0v) is 16.8. The monoisotopic (exact) mass is 408 g/mol. The third-order valence-electron chi connectivity index (χ3n) is 7.08. The zero-order chi connectivity index (χ0) is 21.3. The normalized spacial score (nSPS) is 32.8. The van der Waals surface area contributed by atoms with Crippen LogP contribution >= 0.6 is 0 Å². The zero-order valence-electron chi connectivity index (χ0n) is 16.8. The summed E-state index contributed by atoms with van der Waals surface area (Å²) in [7, 11) is 0. The Morgan fingerprint density at radius 3 is 2.00 bits per heavy atom. The van der Waals surface area contributed by atoms with Crippen molar-refractivity contribution in [1.82, 2.24) is 10.6 Å². The van der Waals surface area contributed by atoms with E-state index < -0.39 is 35.9 Å². The van der Waals surface area contributed by atoms with E-state index in [1.54, 1.807) is 0 Å². The van der Waals surface area contributed by atoms with Crippen LogP contribution < -0.4 is 22.1 Å². The Bertz CT molecular complexity index is 654. The molecular weight excluding hydrogens is 376 g/mol. The van der Waals surface area contributed by atoms with E-state index >= 15 is 0 Å². The molecule has 9 heteroatoms. The second kappa shape index (κ2) is 8.69. The van der Waals surface area contributed by atoms with Crippen molar-refractivity contribution in [3.05, 3.63) is 0 Å². The molecule has 0 aromatic rings. The summed E-state index contributed by atoms with van der Waals surface area (Å²) in [5.74, 6) is -0.145. The summed E-state index contributed by atoms with van der Waals surface area (Å²) in [5, 5.41) is 13.8. The largest absolute Gasteiger partial charge is 0.481 e. The molecule has 4 bridgehead atoms. The van der Waals surface area contributed by atoms with Crippen LogP contribution in [-0.2, 0) is 19.2 Å². The van der Waals surface area contributed by atoms with E-state index in [-0.39, 0.29) is 24.7 Å². The lowest BCUT2D eigenvalue weighted by atomic mass is 9.50. The van der Waals surface area contributed by atoms with Crippen LogP contribution in [0.5, 0.6) is 0 Å². The van der Waals surface area contributed by atoms with Gasteiger partial charge in [0, 0.05) is 6.42 Å². The number of nitrogens with one attached hydrogen (secondary N) is 2. The number of carboxylic acid groups (broad SMARTS) is 1. The highest BCUT2D eigenvalue weighted by Gasteiger charge is 2.51. The van der Waals surface area contributed by atoms with Crippen molar-refractivity contribution in [2.24, 2.45) is 41.1 Å². The maximum absolute atomic E-state index is 12.7. The smallest absolute Gasteiger partial charge is 0.303 e. The molecule has 4 saturated carbocycles. The Kier molecular flexibility index (Phi) is 6.45. The van der Waals surface area contributed by atoms with Gasteiger partial charge in [0.15, 0.2) is 0 Å². The molecular formula is C20H32N4O5. The summed E-state index contributed by atoms with van der Waals surface area (Å²) in [6, 6.07) is -2.66. The number of hydrogen-bond donors (Lipinski definition) is 5. The Morgan fingerprint density at radius 2 is 1.52 bits per heavy atom. The second-order valence-corrected chi connectivity index (χ2v) is 9.16. The third kappa shape index (κ3) is 4.88. The van der Waals surface area contributed by atoms with Crippen molar-refractivity contribution in [1.29, 1.82) is 0 Å². The fraction of sp³-hybridized carbons (Fsp3) is 0.800. The fourth-order valence-electron chi connectivity index (χ4n) is 5.95. The molecule has 4 rings (SSSR count). The van der Waals surface area contributed by atoms with Crippen LogP contribution in [0.1, 0.15) is 51.9 Å². The number of carboxylic acids is 1. The molecule has 4 aliphatic rings. The van der Waals surface area contributed by atoms with Gasteiger partial charge in [0.25, 0.3) is 0 Å². The van der Waals surface area contributed by atoms with Gasteiger partial charge >= 0.3 is 5.97 Å². The SMILES string of the molecule is CC(NC(=O)C(N)C1C2CC3CC(C2)CC1C3)C(=O)NC(CCC(=O)O)C(N)=O. The van der Waals surface area contributed by atoms with Gasteiger partial charge in [0.1, 0.15) is 12.1 Å². The Labute approximate surface area is 170 Å². The molecule has 7 N–H and O–H groups in total. The number of aliphatic carboxylic acids is 1. The number of hydrogen-bond acceptors (Lipinski definition) is 5. The second-order valence-electron chi connectivity index (χ2n) is 9.16. The van der Waals surface area contributed by atoms with Crippen LogP contribution in [0.4, 0.5) is 0 Å². The molecule has 0 spiro atoms. The molecule has 4 aliphatic carbocycles. The topological polar surface area (TPSA) is 165 Å². The molecule has 3 unspecified atom stereocenters. The fourth-order valence-corrected chi connectivity index (χ4v) is 5.95. The molecule has 0 aromatic heterocycles. The first-order valence-electron chi connectivity index (χ1n) is 10.5. The maximum Gasteiger partial charge on any atom is 0.303 e. The van der Waals surface area contributed by atoms with E-state index in [0.717, 1.165) is 37.5 Å². The highest BCUT2D eigenvalue weighted by atomic mass is 16.4. The Morgan fingerprint density at radius 1 is 0.966 bits per heavy atom. The molecule has 4 fully saturated rings. The number of carbonyl (C=O) groups is 4. The van der Waals surface area contributed by atoms with Gasteiger partial charge in [-0.3, -0.25) is 19.2 Å². The standard InChI is InChI=1S/C20H32N4O5/c1-9(19(28)24-14(18(22)27)2-3-15(25)26)23-20(29)17(21)16-12-5-10-4-11(7-12)8-13(16)6-10/h9-14,16-17H,2-8,21H2,1H3,(H2,22,27)(H,23,29)(H,24,28)(H,25,26). The lowest BCUT2D eigenvalue weighted by Gasteiger charge is -2.55. The van der Waals surface area contributed by atoms with Crippen LogP contribution in [0.3, 0.4) is 0 Å². The molecule has 162 valence electrons. The van der Waals surface area contributed by atoms with E-state index in [9.17, 15) is 19.2 Å². The minimum absolute atomic E-state index is 0.107. The predicted octanol–water partition coefficient (Wildman–Crippen LogP) is -0.274. The van der Waals surface area contributed by atoms with Gasteiger partial charge in [0.05, 0.1) is 6.04 Å². The maximum atomic E-state index is 12.7. The summed E-state index contributed by atoms with van der Waals surface area (Å²) in [6.45, 7) is 1.51. The van der Waals surface area contributed by atoms with Crippen LogP contribution in [0, 0.1) is 29.6 Å². The molecule has 0 heterocycles. The first kappa shape index (κ1) is 21.5. The van der Waals surface area contributed by atoms with Gasteiger partial charge in [-0.1, -0.05) is 0 Å². The van der Waals surface area contributed by atoms with Crippen LogP contribution in [0.25, 0.3) is 0 Å². The van der Waals surface area contributed by atoms with Gasteiger partial charge in [-0.05, 0) is 75.0 Å². The summed E-state index contributed by atoms with van der Waals surface area (Å²) in [4.78, 5) is 47.2. The number of carbonyl (C=O) groups excluding carboxylic acids is 3. The molecule has 0 radical (unpaired) electrons. The first-order valence-corrected chi connectivity index (χ1v) is 10.5. The molecule has 3 atom stereocenters. The Balaban J connectivity index is 1.53. The van der Waals surface area contributed by atoms with Crippen LogP contribution in [0.2, 0.25) is 0 Å². The Hall–Kier alpha value is -2.16. The van der Waals surface area contributed by atoms with Crippen molar-refractivity contribution in [2.75, 3.05) is 0 Å². The number of primary amides is 1. The summed E-state index contributed by atoms with van der Waals surface area (Å²) >= 11 is 0. The summed E-state index contributed by atoms with van der Waals surface area (Å²) in [6.07, 6.45) is 5.52. The number of rotatable bonds is 9. The molecule has 9 nitrogen and oxygen atoms in total. The predicted molar refractivity (Wildman–Crippen MR) is 104 cm³/mol. The van der Waals surface area contributed by atoms with Crippen molar-refractivity contribution in [2.45, 2.75) is 70.0 Å². The van der Waals surface area contributed by atoms with Gasteiger partial charge in [-0.2, -0.15) is 0 Å². The van der Waals surface area contributed by atoms with E-state index in [1.807, 2.05) is 0 Å². The quantitative estimate of drug-likeness (QED) is 0.352. The van der Waals surface area contributed by atoms with Crippen molar-refractivity contribution in [3.8, 4) is 0 Å². The number of amides is 3. The van der Waals surface area contributed by atoms with Gasteiger partial charge in [-0.15, -0.1) is 0 Å². The van der Waals surface area contributed by atoms with Gasteiger partial charge in [-0.25, -0.2) is 0 Å². The molecule has 3 amide bonds. The summed E-state index contributed by atoms with van der Waals surface area (Å²) < 4.78 is 0. The minimum atomic E-state index is -1.10. The summed E-state index contributed by atoms with van der Waals surface area (Å²) in [5.41, 5.74) is 11.6. The van der Waals surface area contributed by atoms with E-state index in [1.165, 1.54) is 13.3 Å². The number of nitrogens with two attached hydrogens (primary N) is 2. The lowest BCUT2D eigenvalue weighted by Crippen LogP contribution is -2.59. The van der Waals surface area contributed by atoms with E-state index in [2.05, 4.69) is 10.6 Å². The average Bonchev–Trinajstić information content (AvgIpc) is 2.63.